The smallest absolute Gasteiger partial charge is 0.308 e. The highest BCUT2D eigenvalue weighted by Gasteiger charge is 2.23. The number of carbonyl (C=O) groups is 2. The molecule has 0 aliphatic carbocycles. The minimum absolute atomic E-state index is 0.0849. The van der Waals surface area contributed by atoms with E-state index in [1.54, 1.807) is 0 Å². The van der Waals surface area contributed by atoms with Gasteiger partial charge in [0.25, 0.3) is 0 Å². The number of carboxylic acids is 1. The molecule has 0 amide bonds. The fourth-order valence-corrected chi connectivity index (χ4v) is 3.51. The van der Waals surface area contributed by atoms with Gasteiger partial charge in [0.05, 0.1) is 33.7 Å². The summed E-state index contributed by atoms with van der Waals surface area (Å²) < 4.78 is 5.76. The molecular formula is C23H45NO5. The molecule has 29 heavy (non-hydrogen) atoms. The van der Waals surface area contributed by atoms with Crippen molar-refractivity contribution in [3.63, 3.8) is 0 Å². The van der Waals surface area contributed by atoms with E-state index in [2.05, 4.69) is 6.92 Å². The summed E-state index contributed by atoms with van der Waals surface area (Å²) in [5.41, 5.74) is 0. The molecule has 0 radical (unpaired) electrons. The molecule has 1 N–H and O–H groups in total. The van der Waals surface area contributed by atoms with Crippen LogP contribution < -0.4 is 5.11 Å². The molecule has 0 fully saturated rings. The summed E-state index contributed by atoms with van der Waals surface area (Å²) in [5, 5.41) is 20.9. The topological polar surface area (TPSA) is 86.7 Å². The van der Waals surface area contributed by atoms with Gasteiger partial charge in [-0.2, -0.15) is 0 Å². The minimum atomic E-state index is -1.24. The lowest BCUT2D eigenvalue weighted by Gasteiger charge is -2.29. The van der Waals surface area contributed by atoms with Crippen LogP contribution in [0.4, 0.5) is 0 Å². The van der Waals surface area contributed by atoms with Crippen molar-refractivity contribution in [2.45, 2.75) is 109 Å². The monoisotopic (exact) mass is 415 g/mol. The Morgan fingerprint density at radius 3 is 1.79 bits per heavy atom. The number of ether oxygens (including phenoxy) is 1. The number of rotatable bonds is 19. The van der Waals surface area contributed by atoms with E-state index in [0.29, 0.717) is 17.4 Å². The second-order valence-electron chi connectivity index (χ2n) is 9.34. The number of hydrogen-bond donors (Lipinski definition) is 1. The molecule has 0 aromatic carbocycles. The molecule has 2 atom stereocenters. The third-order valence-electron chi connectivity index (χ3n) is 4.99. The molecule has 0 spiro atoms. The predicted molar refractivity (Wildman–Crippen MR) is 114 cm³/mol. The average Bonchev–Trinajstić information content (AvgIpc) is 2.57. The number of esters is 1. The zero-order chi connectivity index (χ0) is 22.1. The van der Waals surface area contributed by atoms with E-state index < -0.39 is 24.1 Å². The zero-order valence-electron chi connectivity index (χ0n) is 19.3. The molecule has 0 saturated carbocycles. The molecule has 0 heterocycles. The van der Waals surface area contributed by atoms with Gasteiger partial charge in [0, 0.05) is 12.4 Å². The van der Waals surface area contributed by atoms with E-state index in [0.717, 1.165) is 12.8 Å². The average molecular weight is 416 g/mol. The lowest BCUT2D eigenvalue weighted by molar-refractivity contribution is -0.873. The number of aliphatic hydroxyl groups excluding tert-OH is 1. The van der Waals surface area contributed by atoms with Crippen LogP contribution in [-0.4, -0.2) is 61.4 Å². The molecule has 172 valence electrons. The third kappa shape index (κ3) is 19.9. The van der Waals surface area contributed by atoms with Crippen LogP contribution in [-0.2, 0) is 14.3 Å². The summed E-state index contributed by atoms with van der Waals surface area (Å²) in [6.07, 6.45) is 12.4. The Balaban J connectivity index is 3.82. The molecule has 0 unspecified atom stereocenters. The van der Waals surface area contributed by atoms with Crippen LogP contribution in [0.25, 0.3) is 0 Å². The Morgan fingerprint density at radius 2 is 1.34 bits per heavy atom. The van der Waals surface area contributed by atoms with E-state index in [-0.39, 0.29) is 12.8 Å². The van der Waals surface area contributed by atoms with Crippen LogP contribution in [0.5, 0.6) is 0 Å². The first-order valence-electron chi connectivity index (χ1n) is 11.5. The van der Waals surface area contributed by atoms with Crippen LogP contribution in [0.2, 0.25) is 0 Å². The maximum atomic E-state index is 12.0. The first kappa shape index (κ1) is 27.9. The van der Waals surface area contributed by atoms with Gasteiger partial charge in [0.2, 0.25) is 0 Å². The van der Waals surface area contributed by atoms with Gasteiger partial charge < -0.3 is 24.2 Å². The highest BCUT2D eigenvalue weighted by molar-refractivity contribution is 5.71. The molecule has 0 aromatic rings. The second kappa shape index (κ2) is 16.6. The van der Waals surface area contributed by atoms with Gasteiger partial charge in [-0.3, -0.25) is 4.79 Å². The van der Waals surface area contributed by atoms with Crippen molar-refractivity contribution in [3.05, 3.63) is 0 Å². The molecule has 0 bridgehead atoms. The fraction of sp³-hybridized carbons (Fsp3) is 0.913. The largest absolute Gasteiger partial charge is 0.550 e. The molecular weight excluding hydrogens is 370 g/mol. The summed E-state index contributed by atoms with van der Waals surface area (Å²) in [4.78, 5) is 22.9. The highest BCUT2D eigenvalue weighted by Crippen LogP contribution is 2.14. The first-order chi connectivity index (χ1) is 13.6. The number of unbranched alkanes of at least 4 members (excludes halogenated alkanes) is 10. The Bertz CT molecular complexity index is 433. The van der Waals surface area contributed by atoms with Gasteiger partial charge in [-0.1, -0.05) is 77.6 Å². The van der Waals surface area contributed by atoms with Crippen molar-refractivity contribution in [2.75, 3.05) is 27.7 Å². The molecule has 6 heteroatoms. The standard InChI is InChI=1S/C23H45NO5/c1-5-6-7-8-9-10-11-12-13-14-15-16-20(25)17-23(28)29-21(18-22(26)27)19-24(2,3)4/h20-21,25H,5-19H2,1-4H3/t20-,21+/m0/s1. The van der Waals surface area contributed by atoms with E-state index in [1.807, 2.05) is 21.1 Å². The van der Waals surface area contributed by atoms with E-state index in [9.17, 15) is 19.8 Å². The van der Waals surface area contributed by atoms with Gasteiger partial charge in [0.1, 0.15) is 6.54 Å². The maximum absolute atomic E-state index is 12.0. The highest BCUT2D eigenvalue weighted by atomic mass is 16.5. The molecule has 0 aliphatic rings. The van der Waals surface area contributed by atoms with Gasteiger partial charge in [-0.15, -0.1) is 0 Å². The molecule has 0 saturated heterocycles. The van der Waals surface area contributed by atoms with Crippen LogP contribution in [0.1, 0.15) is 96.8 Å². The quantitative estimate of drug-likeness (QED) is 0.199. The summed E-state index contributed by atoms with van der Waals surface area (Å²) in [6, 6.07) is 0. The number of aliphatic hydroxyl groups is 1. The van der Waals surface area contributed by atoms with Gasteiger partial charge in [-0.05, 0) is 6.42 Å². The lowest BCUT2D eigenvalue weighted by Crippen LogP contribution is -2.45. The van der Waals surface area contributed by atoms with Crippen LogP contribution >= 0.6 is 0 Å². The zero-order valence-corrected chi connectivity index (χ0v) is 19.3. The van der Waals surface area contributed by atoms with Crippen molar-refractivity contribution in [3.8, 4) is 0 Å². The van der Waals surface area contributed by atoms with E-state index in [1.165, 1.54) is 57.8 Å². The second-order valence-corrected chi connectivity index (χ2v) is 9.34. The number of hydrogen-bond acceptors (Lipinski definition) is 5. The summed E-state index contributed by atoms with van der Waals surface area (Å²) >= 11 is 0. The Hall–Kier alpha value is -1.14. The molecule has 0 aliphatic heterocycles. The molecule has 0 rings (SSSR count). The summed E-state index contributed by atoms with van der Waals surface area (Å²) in [7, 11) is 5.70. The SMILES string of the molecule is CCCCCCCCCCCCC[C@H](O)CC(=O)O[C@H](CC(=O)[O-])C[N+](C)(C)C. The van der Waals surface area contributed by atoms with Gasteiger partial charge in [-0.25, -0.2) is 0 Å². The van der Waals surface area contributed by atoms with E-state index >= 15 is 0 Å². The Labute approximate surface area is 178 Å². The minimum Gasteiger partial charge on any atom is -0.550 e. The summed E-state index contributed by atoms with van der Waals surface area (Å²) in [6.45, 7) is 2.62. The fourth-order valence-electron chi connectivity index (χ4n) is 3.51. The maximum Gasteiger partial charge on any atom is 0.308 e. The Kier molecular flexibility index (Phi) is 16.0. The van der Waals surface area contributed by atoms with E-state index in [4.69, 9.17) is 4.74 Å². The normalized spacial score (nSPS) is 13.8. The molecule has 6 nitrogen and oxygen atoms in total. The third-order valence-corrected chi connectivity index (χ3v) is 4.99. The van der Waals surface area contributed by atoms with Gasteiger partial charge >= 0.3 is 5.97 Å². The number of aliphatic carboxylic acids is 1. The van der Waals surface area contributed by atoms with Crippen LogP contribution in [0.3, 0.4) is 0 Å². The van der Waals surface area contributed by atoms with Crippen molar-refractivity contribution < 1.29 is 29.0 Å². The van der Waals surface area contributed by atoms with Crippen molar-refractivity contribution in [1.82, 2.24) is 0 Å². The number of likely N-dealkylation sites (N-methyl/N-ethyl adjacent to an activating group) is 1. The molecule has 0 aromatic heterocycles. The lowest BCUT2D eigenvalue weighted by atomic mass is 10.0. The first-order valence-corrected chi connectivity index (χ1v) is 11.5. The van der Waals surface area contributed by atoms with Crippen molar-refractivity contribution in [1.29, 1.82) is 0 Å². The summed E-state index contributed by atoms with van der Waals surface area (Å²) in [5.74, 6) is -1.78. The van der Waals surface area contributed by atoms with Crippen LogP contribution in [0, 0.1) is 0 Å². The van der Waals surface area contributed by atoms with Crippen LogP contribution in [0.15, 0.2) is 0 Å². The van der Waals surface area contributed by atoms with Crippen molar-refractivity contribution in [2.24, 2.45) is 0 Å². The predicted octanol–water partition coefficient (Wildman–Crippen LogP) is 3.20. The number of quaternary nitrogens is 1. The van der Waals surface area contributed by atoms with Crippen molar-refractivity contribution >= 4 is 11.9 Å². The van der Waals surface area contributed by atoms with Gasteiger partial charge in [0.15, 0.2) is 6.10 Å². The number of carboxylic acid groups (broad SMARTS) is 1. The number of nitrogens with zero attached hydrogens (tertiary/aromatic N) is 1. The number of carbonyl (C=O) groups excluding carboxylic acids is 2. The Morgan fingerprint density at radius 1 is 0.862 bits per heavy atom.